The summed E-state index contributed by atoms with van der Waals surface area (Å²) >= 11 is 12.4. The minimum atomic E-state index is -0.320. The first-order valence-corrected chi connectivity index (χ1v) is 7.85. The molecule has 1 aromatic carbocycles. The van der Waals surface area contributed by atoms with Crippen molar-refractivity contribution in [2.24, 2.45) is 5.84 Å². The van der Waals surface area contributed by atoms with Gasteiger partial charge >= 0.3 is 0 Å². The molecular weight excluding hydrogens is 295 g/mol. The van der Waals surface area contributed by atoms with E-state index in [1.165, 1.54) is 12.8 Å². The van der Waals surface area contributed by atoms with Crippen LogP contribution in [0.5, 0.6) is 0 Å². The normalized spacial score (nSPS) is 20.4. The summed E-state index contributed by atoms with van der Waals surface area (Å²) in [6.45, 7) is 0. The Morgan fingerprint density at radius 2 is 1.85 bits per heavy atom. The summed E-state index contributed by atoms with van der Waals surface area (Å²) in [6.07, 6.45) is 6.72. The van der Waals surface area contributed by atoms with E-state index in [0.717, 1.165) is 31.2 Å². The van der Waals surface area contributed by atoms with Crippen LogP contribution in [-0.2, 0) is 4.74 Å². The minimum absolute atomic E-state index is 0.156. The molecule has 112 valence electrons. The molecule has 1 unspecified atom stereocenters. The maximum Gasteiger partial charge on any atom is 0.0886 e. The third-order valence-electron chi connectivity index (χ3n) is 4.32. The quantitative estimate of drug-likeness (QED) is 0.496. The van der Waals surface area contributed by atoms with Gasteiger partial charge in [-0.2, -0.15) is 0 Å². The first-order valence-electron chi connectivity index (χ1n) is 7.09. The molecule has 1 saturated carbocycles. The Hall–Kier alpha value is -0.320. The number of nitrogens with two attached hydrogens (primary N) is 1. The third kappa shape index (κ3) is 3.29. The van der Waals surface area contributed by atoms with E-state index in [0.29, 0.717) is 10.0 Å². The molecule has 1 aliphatic rings. The molecule has 3 nitrogen and oxygen atoms in total. The number of nitrogens with one attached hydrogen (secondary N) is 1. The summed E-state index contributed by atoms with van der Waals surface area (Å²) < 4.78 is 5.92. The molecule has 2 rings (SSSR count). The number of ether oxygens (including phenoxy) is 1. The zero-order valence-electron chi connectivity index (χ0n) is 11.8. The van der Waals surface area contributed by atoms with Crippen LogP contribution in [0.2, 0.25) is 10.0 Å². The molecule has 0 aromatic heterocycles. The molecule has 0 saturated heterocycles. The molecule has 1 aromatic rings. The Labute approximate surface area is 130 Å². The number of hydrogen-bond acceptors (Lipinski definition) is 3. The lowest BCUT2D eigenvalue weighted by molar-refractivity contribution is -0.0541. The van der Waals surface area contributed by atoms with Crippen molar-refractivity contribution in [3.8, 4) is 0 Å². The third-order valence-corrected chi connectivity index (χ3v) is 4.90. The van der Waals surface area contributed by atoms with Crippen LogP contribution in [0, 0.1) is 0 Å². The van der Waals surface area contributed by atoms with E-state index in [4.69, 9.17) is 33.8 Å². The highest BCUT2D eigenvalue weighted by atomic mass is 35.5. The van der Waals surface area contributed by atoms with Crippen molar-refractivity contribution in [2.45, 2.75) is 50.2 Å². The van der Waals surface area contributed by atoms with E-state index >= 15 is 0 Å². The topological polar surface area (TPSA) is 47.3 Å². The second-order valence-corrected chi connectivity index (χ2v) is 6.29. The fraction of sp³-hybridized carbons (Fsp3) is 0.600. The van der Waals surface area contributed by atoms with Crippen LogP contribution in [0.3, 0.4) is 0 Å². The molecule has 0 spiro atoms. The van der Waals surface area contributed by atoms with E-state index in [1.807, 2.05) is 12.1 Å². The van der Waals surface area contributed by atoms with Gasteiger partial charge in [-0.25, -0.2) is 0 Å². The zero-order valence-corrected chi connectivity index (χ0v) is 13.3. The number of hydrazine groups is 1. The van der Waals surface area contributed by atoms with Crippen LogP contribution < -0.4 is 11.3 Å². The fourth-order valence-corrected chi connectivity index (χ4v) is 3.61. The summed E-state index contributed by atoms with van der Waals surface area (Å²) in [5.74, 6) is 5.83. The molecule has 20 heavy (non-hydrogen) atoms. The molecular formula is C15H22Cl2N2O. The second kappa shape index (κ2) is 7.10. The number of methoxy groups -OCH3 is 1. The summed E-state index contributed by atoms with van der Waals surface area (Å²) in [5, 5.41) is 1.32. The van der Waals surface area contributed by atoms with Crippen LogP contribution in [0.15, 0.2) is 18.2 Å². The van der Waals surface area contributed by atoms with Gasteiger partial charge in [0.05, 0.1) is 11.6 Å². The Morgan fingerprint density at radius 1 is 1.20 bits per heavy atom. The van der Waals surface area contributed by atoms with Gasteiger partial charge in [0.25, 0.3) is 0 Å². The Kier molecular flexibility index (Phi) is 5.70. The lowest BCUT2D eigenvalue weighted by Crippen LogP contribution is -2.48. The fourth-order valence-electron chi connectivity index (χ4n) is 3.20. The molecule has 0 bridgehead atoms. The summed E-state index contributed by atoms with van der Waals surface area (Å²) in [5.41, 5.74) is 3.50. The first-order chi connectivity index (χ1) is 9.63. The van der Waals surface area contributed by atoms with Crippen molar-refractivity contribution in [1.82, 2.24) is 5.43 Å². The summed E-state index contributed by atoms with van der Waals surface area (Å²) in [7, 11) is 1.76. The van der Waals surface area contributed by atoms with E-state index in [-0.39, 0.29) is 11.6 Å². The number of halogens is 2. The largest absolute Gasteiger partial charge is 0.376 e. The summed E-state index contributed by atoms with van der Waals surface area (Å²) in [4.78, 5) is 0. The molecule has 5 heteroatoms. The Morgan fingerprint density at radius 3 is 2.40 bits per heavy atom. The van der Waals surface area contributed by atoms with E-state index in [9.17, 15) is 0 Å². The zero-order chi connectivity index (χ0) is 14.6. The molecule has 1 fully saturated rings. The smallest absolute Gasteiger partial charge is 0.0886 e. The van der Waals surface area contributed by atoms with Gasteiger partial charge in [-0.1, -0.05) is 48.9 Å². The molecule has 0 aliphatic heterocycles. The van der Waals surface area contributed by atoms with Gasteiger partial charge in [0.2, 0.25) is 0 Å². The highest BCUT2D eigenvalue weighted by Crippen LogP contribution is 2.42. The standard InChI is InChI=1S/C15H22Cl2N2O/c1-20-15(8-4-2-3-5-9-15)14(19-18)12-10-11(16)6-7-13(12)17/h6-7,10,14,19H,2-5,8-9,18H2,1H3. The first kappa shape index (κ1) is 16.1. The second-order valence-electron chi connectivity index (χ2n) is 5.45. The maximum atomic E-state index is 6.34. The molecule has 0 heterocycles. The average molecular weight is 317 g/mol. The van der Waals surface area contributed by atoms with Gasteiger partial charge in [0.15, 0.2) is 0 Å². The van der Waals surface area contributed by atoms with Crippen molar-refractivity contribution in [1.29, 1.82) is 0 Å². The van der Waals surface area contributed by atoms with Gasteiger partial charge in [0.1, 0.15) is 0 Å². The molecule has 0 radical (unpaired) electrons. The van der Waals surface area contributed by atoms with Crippen LogP contribution in [0.4, 0.5) is 0 Å². The minimum Gasteiger partial charge on any atom is -0.376 e. The van der Waals surface area contributed by atoms with E-state index < -0.39 is 0 Å². The predicted octanol–water partition coefficient (Wildman–Crippen LogP) is 4.24. The van der Waals surface area contributed by atoms with E-state index in [2.05, 4.69) is 5.43 Å². The molecule has 1 atom stereocenters. The van der Waals surface area contributed by atoms with Crippen LogP contribution >= 0.6 is 23.2 Å². The maximum absolute atomic E-state index is 6.34. The highest BCUT2D eigenvalue weighted by Gasteiger charge is 2.40. The lowest BCUT2D eigenvalue weighted by Gasteiger charge is -2.39. The number of benzene rings is 1. The van der Waals surface area contributed by atoms with Gasteiger partial charge < -0.3 is 4.74 Å². The Balaban J connectivity index is 2.40. The average Bonchev–Trinajstić information content (AvgIpc) is 2.70. The predicted molar refractivity (Wildman–Crippen MR) is 84.0 cm³/mol. The van der Waals surface area contributed by atoms with Gasteiger partial charge in [-0.15, -0.1) is 0 Å². The molecule has 1 aliphatic carbocycles. The van der Waals surface area contributed by atoms with E-state index in [1.54, 1.807) is 13.2 Å². The van der Waals surface area contributed by atoms with Crippen molar-refractivity contribution in [3.05, 3.63) is 33.8 Å². The monoisotopic (exact) mass is 316 g/mol. The summed E-state index contributed by atoms with van der Waals surface area (Å²) in [6, 6.07) is 5.31. The Bertz CT molecular complexity index is 445. The van der Waals surface area contributed by atoms with Crippen LogP contribution in [0.1, 0.15) is 50.1 Å². The lowest BCUT2D eigenvalue weighted by atomic mass is 9.82. The highest BCUT2D eigenvalue weighted by molar-refractivity contribution is 6.33. The molecule has 3 N–H and O–H groups in total. The number of rotatable bonds is 4. The van der Waals surface area contributed by atoms with Crippen LogP contribution in [-0.4, -0.2) is 12.7 Å². The van der Waals surface area contributed by atoms with Gasteiger partial charge in [0, 0.05) is 17.2 Å². The van der Waals surface area contributed by atoms with Gasteiger partial charge in [-0.05, 0) is 36.6 Å². The van der Waals surface area contributed by atoms with Crippen molar-refractivity contribution >= 4 is 23.2 Å². The van der Waals surface area contributed by atoms with Crippen LogP contribution in [0.25, 0.3) is 0 Å². The molecule has 0 amide bonds. The number of hydrogen-bond donors (Lipinski definition) is 2. The van der Waals surface area contributed by atoms with Crippen molar-refractivity contribution in [2.75, 3.05) is 7.11 Å². The van der Waals surface area contributed by atoms with Gasteiger partial charge in [-0.3, -0.25) is 11.3 Å². The van der Waals surface area contributed by atoms with Crippen molar-refractivity contribution < 1.29 is 4.74 Å². The SMILES string of the molecule is COC1(C(NN)c2cc(Cl)ccc2Cl)CCCCCC1. The van der Waals surface area contributed by atoms with Crippen molar-refractivity contribution in [3.63, 3.8) is 0 Å².